The average Bonchev–Trinajstić information content (AvgIpc) is 2.44. The van der Waals surface area contributed by atoms with E-state index < -0.39 is 12.8 Å². The van der Waals surface area contributed by atoms with Crippen molar-refractivity contribution in [3.63, 3.8) is 0 Å². The van der Waals surface area contributed by atoms with Crippen LogP contribution in [0.3, 0.4) is 0 Å². The molecule has 2 nitrogen and oxygen atoms in total. The lowest BCUT2D eigenvalue weighted by atomic mass is 10.0. The number of hydrogen-bond acceptors (Lipinski definition) is 2. The van der Waals surface area contributed by atoms with Gasteiger partial charge in [-0.15, -0.1) is 0 Å². The highest BCUT2D eigenvalue weighted by atomic mass is 19.4. The van der Waals surface area contributed by atoms with Crippen LogP contribution in [0.4, 0.5) is 13.2 Å². The summed E-state index contributed by atoms with van der Waals surface area (Å²) in [6.45, 7) is -1.10. The molecule has 1 saturated carbocycles. The molecule has 1 fully saturated rings. The minimum atomic E-state index is -4.24. The number of alkyl halides is 3. The summed E-state index contributed by atoms with van der Waals surface area (Å²) in [5.74, 6) is 0.128. The molecule has 84 valence electrons. The molecule has 1 aliphatic carbocycles. The lowest BCUT2D eigenvalue weighted by molar-refractivity contribution is -0.174. The van der Waals surface area contributed by atoms with Gasteiger partial charge in [-0.25, -0.2) is 0 Å². The van der Waals surface area contributed by atoms with Crippen molar-refractivity contribution in [1.29, 1.82) is 0 Å². The van der Waals surface area contributed by atoms with Gasteiger partial charge in [0.25, 0.3) is 0 Å². The summed E-state index contributed by atoms with van der Waals surface area (Å²) in [4.78, 5) is 0. The minimum absolute atomic E-state index is 0.0846. The third-order valence-electron chi connectivity index (χ3n) is 2.52. The second kappa shape index (κ2) is 4.98. The first-order valence-electron chi connectivity index (χ1n) is 4.81. The Morgan fingerprint density at radius 2 is 2.00 bits per heavy atom. The van der Waals surface area contributed by atoms with Crippen LogP contribution in [-0.4, -0.2) is 30.6 Å². The molecule has 5 heteroatoms. The predicted octanol–water partition coefficient (Wildman–Crippen LogP) is 2.12. The van der Waals surface area contributed by atoms with Crippen molar-refractivity contribution in [3.05, 3.63) is 0 Å². The molecule has 0 radical (unpaired) electrons. The summed E-state index contributed by atoms with van der Waals surface area (Å²) in [5.41, 5.74) is 0. The number of hydrogen-bond donors (Lipinski definition) is 1. The van der Waals surface area contributed by atoms with Gasteiger partial charge in [0.1, 0.15) is 6.61 Å². The van der Waals surface area contributed by atoms with E-state index in [1.165, 1.54) is 0 Å². The summed E-state index contributed by atoms with van der Waals surface area (Å²) in [6, 6.07) is 0. The summed E-state index contributed by atoms with van der Waals surface area (Å²) in [5, 5.41) is 9.37. The largest absolute Gasteiger partial charge is 0.411 e. The second-order valence-corrected chi connectivity index (χ2v) is 3.71. The Balaban J connectivity index is 2.04. The monoisotopic (exact) mass is 212 g/mol. The maximum atomic E-state index is 11.7. The van der Waals surface area contributed by atoms with Crippen LogP contribution >= 0.6 is 0 Å². The lowest BCUT2D eigenvalue weighted by Gasteiger charge is -2.14. The van der Waals surface area contributed by atoms with E-state index in [9.17, 15) is 18.3 Å². The highest BCUT2D eigenvalue weighted by Crippen LogP contribution is 2.28. The van der Waals surface area contributed by atoms with Crippen LogP contribution in [0, 0.1) is 5.92 Å². The van der Waals surface area contributed by atoms with E-state index in [1.54, 1.807) is 0 Å². The van der Waals surface area contributed by atoms with Gasteiger partial charge in [0, 0.05) is 6.61 Å². The van der Waals surface area contributed by atoms with Gasteiger partial charge in [0.15, 0.2) is 0 Å². The van der Waals surface area contributed by atoms with Gasteiger partial charge in [0.2, 0.25) is 0 Å². The van der Waals surface area contributed by atoms with Gasteiger partial charge in [-0.05, 0) is 25.2 Å². The van der Waals surface area contributed by atoms with E-state index in [1.807, 2.05) is 0 Å². The van der Waals surface area contributed by atoms with E-state index in [0.29, 0.717) is 6.42 Å². The van der Waals surface area contributed by atoms with Crippen LogP contribution in [0.15, 0.2) is 0 Å². The van der Waals surface area contributed by atoms with Crippen molar-refractivity contribution in [3.8, 4) is 0 Å². The fraction of sp³-hybridized carbons (Fsp3) is 1.00. The van der Waals surface area contributed by atoms with Gasteiger partial charge in [-0.1, -0.05) is 6.42 Å². The highest BCUT2D eigenvalue weighted by molar-refractivity contribution is 4.76. The lowest BCUT2D eigenvalue weighted by Crippen LogP contribution is -2.20. The molecule has 0 saturated heterocycles. The Hall–Kier alpha value is -0.290. The highest BCUT2D eigenvalue weighted by Gasteiger charge is 2.28. The molecular formula is C9H15F3O2. The molecule has 1 rings (SSSR count). The molecule has 0 heterocycles. The molecule has 0 spiro atoms. The van der Waals surface area contributed by atoms with E-state index in [-0.39, 0.29) is 18.6 Å². The normalized spacial score (nSPS) is 28.3. The number of rotatable bonds is 4. The fourth-order valence-corrected chi connectivity index (χ4v) is 1.78. The smallest absolute Gasteiger partial charge is 0.393 e. The topological polar surface area (TPSA) is 29.5 Å². The number of halogens is 3. The predicted molar refractivity (Wildman–Crippen MR) is 44.8 cm³/mol. The third-order valence-corrected chi connectivity index (χ3v) is 2.52. The first-order chi connectivity index (χ1) is 6.49. The van der Waals surface area contributed by atoms with Crippen LogP contribution in [0.1, 0.15) is 25.7 Å². The van der Waals surface area contributed by atoms with Crippen molar-refractivity contribution in [2.45, 2.75) is 38.0 Å². The Morgan fingerprint density at radius 3 is 2.50 bits per heavy atom. The van der Waals surface area contributed by atoms with Crippen molar-refractivity contribution in [2.24, 2.45) is 5.92 Å². The maximum absolute atomic E-state index is 11.7. The van der Waals surface area contributed by atoms with Crippen molar-refractivity contribution >= 4 is 0 Å². The van der Waals surface area contributed by atoms with Gasteiger partial charge in [-0.2, -0.15) is 13.2 Å². The van der Waals surface area contributed by atoms with Crippen LogP contribution in [0.2, 0.25) is 0 Å². The summed E-state index contributed by atoms with van der Waals surface area (Å²) in [7, 11) is 0. The molecule has 0 aromatic carbocycles. The van der Waals surface area contributed by atoms with E-state index >= 15 is 0 Å². The molecule has 2 atom stereocenters. The maximum Gasteiger partial charge on any atom is 0.411 e. The molecule has 0 amide bonds. The van der Waals surface area contributed by atoms with Gasteiger partial charge in [-0.3, -0.25) is 0 Å². The quantitative estimate of drug-likeness (QED) is 0.723. The van der Waals surface area contributed by atoms with Crippen molar-refractivity contribution in [1.82, 2.24) is 0 Å². The van der Waals surface area contributed by atoms with Crippen LogP contribution in [0.5, 0.6) is 0 Å². The molecule has 0 aromatic rings. The molecule has 1 aliphatic rings. The molecule has 1 N–H and O–H groups in total. The SMILES string of the molecule is OC1CCCC1CCOCC(F)(F)F. The van der Waals surface area contributed by atoms with E-state index in [2.05, 4.69) is 4.74 Å². The zero-order chi connectivity index (χ0) is 10.6. The second-order valence-electron chi connectivity index (χ2n) is 3.71. The van der Waals surface area contributed by atoms with Gasteiger partial charge < -0.3 is 9.84 Å². The number of aliphatic hydroxyl groups excluding tert-OH is 1. The molecule has 0 bridgehead atoms. The Morgan fingerprint density at radius 1 is 1.29 bits per heavy atom. The molecule has 0 aromatic heterocycles. The third kappa shape index (κ3) is 4.28. The molecule has 0 aliphatic heterocycles. The van der Waals surface area contributed by atoms with Crippen LogP contribution in [-0.2, 0) is 4.74 Å². The van der Waals surface area contributed by atoms with Crippen LogP contribution < -0.4 is 0 Å². The zero-order valence-corrected chi connectivity index (χ0v) is 7.89. The standard InChI is InChI=1S/C9H15F3O2/c10-9(11,12)6-14-5-4-7-2-1-3-8(7)13/h7-8,13H,1-6H2. The summed E-state index contributed by atoms with van der Waals surface area (Å²) >= 11 is 0. The Labute approximate surface area is 81.1 Å². The summed E-state index contributed by atoms with van der Waals surface area (Å²) in [6.07, 6.45) is -1.43. The molecular weight excluding hydrogens is 197 g/mol. The molecule has 14 heavy (non-hydrogen) atoms. The number of ether oxygens (including phenoxy) is 1. The average molecular weight is 212 g/mol. The van der Waals surface area contributed by atoms with Crippen LogP contribution in [0.25, 0.3) is 0 Å². The van der Waals surface area contributed by atoms with Gasteiger partial charge in [0.05, 0.1) is 6.10 Å². The first-order valence-corrected chi connectivity index (χ1v) is 4.81. The Kier molecular flexibility index (Phi) is 4.19. The molecule has 2 unspecified atom stereocenters. The first kappa shape index (κ1) is 11.8. The van der Waals surface area contributed by atoms with Gasteiger partial charge >= 0.3 is 6.18 Å². The Bertz CT molecular complexity index is 170. The van der Waals surface area contributed by atoms with Crippen molar-refractivity contribution in [2.75, 3.05) is 13.2 Å². The van der Waals surface area contributed by atoms with E-state index in [4.69, 9.17) is 0 Å². The fourth-order valence-electron chi connectivity index (χ4n) is 1.78. The summed E-state index contributed by atoms with van der Waals surface area (Å²) < 4.78 is 39.4. The van der Waals surface area contributed by atoms with E-state index in [0.717, 1.165) is 19.3 Å². The minimum Gasteiger partial charge on any atom is -0.393 e. The van der Waals surface area contributed by atoms with Crippen molar-refractivity contribution < 1.29 is 23.0 Å². The number of aliphatic hydroxyl groups is 1. The zero-order valence-electron chi connectivity index (χ0n) is 7.89.